The van der Waals surface area contributed by atoms with Gasteiger partial charge in [-0.1, -0.05) is 13.0 Å². The summed E-state index contributed by atoms with van der Waals surface area (Å²) >= 11 is 0. The molecule has 0 aliphatic rings. The average molecular weight is 344 g/mol. The molecule has 1 aromatic heterocycles. The summed E-state index contributed by atoms with van der Waals surface area (Å²) < 4.78 is 14.9. The molecule has 0 saturated heterocycles. The number of hydrogen-bond acceptors (Lipinski definition) is 7. The first-order valence-corrected chi connectivity index (χ1v) is 7.70. The molecule has 0 amide bonds. The Bertz CT molecular complexity index is 808. The molecule has 0 atom stereocenters. The molecule has 0 spiro atoms. The molecule has 0 bridgehead atoms. The maximum absolute atomic E-state index is 11.8. The van der Waals surface area contributed by atoms with E-state index < -0.39 is 11.9 Å². The number of rotatable bonds is 6. The van der Waals surface area contributed by atoms with Gasteiger partial charge < -0.3 is 19.2 Å². The summed E-state index contributed by atoms with van der Waals surface area (Å²) in [5.41, 5.74) is 2.18. The number of ether oxygens (including phenoxy) is 2. The number of carbonyl (C=O) groups is 2. The lowest BCUT2D eigenvalue weighted by Gasteiger charge is -2.09. The summed E-state index contributed by atoms with van der Waals surface area (Å²) in [5.74, 6) is -0.0812. The van der Waals surface area contributed by atoms with Crippen molar-refractivity contribution >= 4 is 17.6 Å². The largest absolute Gasteiger partial charge is 0.466 e. The van der Waals surface area contributed by atoms with E-state index in [-0.39, 0.29) is 5.70 Å². The number of oxazole rings is 1. The lowest BCUT2D eigenvalue weighted by molar-refractivity contribution is -0.138. The van der Waals surface area contributed by atoms with Gasteiger partial charge in [0.15, 0.2) is 0 Å². The van der Waals surface area contributed by atoms with Gasteiger partial charge in [-0.15, -0.1) is 0 Å². The number of carbonyl (C=O) groups excluding carboxylic acids is 2. The first-order valence-electron chi connectivity index (χ1n) is 7.70. The number of benzene rings is 1. The minimum Gasteiger partial charge on any atom is -0.466 e. The van der Waals surface area contributed by atoms with Crippen molar-refractivity contribution in [3.63, 3.8) is 0 Å². The third kappa shape index (κ3) is 4.47. The van der Waals surface area contributed by atoms with Crippen LogP contribution in [0.3, 0.4) is 0 Å². The van der Waals surface area contributed by atoms with Gasteiger partial charge in [-0.3, -0.25) is 0 Å². The maximum atomic E-state index is 11.8. The van der Waals surface area contributed by atoms with Crippen molar-refractivity contribution in [2.24, 2.45) is 0 Å². The summed E-state index contributed by atoms with van der Waals surface area (Å²) in [6.07, 6.45) is 1.81. The van der Waals surface area contributed by atoms with Crippen LogP contribution in [0.1, 0.15) is 18.4 Å². The molecule has 1 heterocycles. The minimum atomic E-state index is -0.684. The van der Waals surface area contributed by atoms with E-state index in [0.29, 0.717) is 11.6 Å². The molecule has 132 valence electrons. The van der Waals surface area contributed by atoms with Crippen molar-refractivity contribution in [3.05, 3.63) is 47.5 Å². The molecule has 0 fully saturated rings. The lowest BCUT2D eigenvalue weighted by atomic mass is 10.2. The fourth-order valence-corrected chi connectivity index (χ4v) is 2.20. The Morgan fingerprint density at radius 2 is 2.04 bits per heavy atom. The normalized spacial score (nSPS) is 11.1. The number of hydrogen-bond donors (Lipinski definition) is 1. The Labute approximate surface area is 145 Å². The second-order valence-corrected chi connectivity index (χ2v) is 5.15. The second-order valence-electron chi connectivity index (χ2n) is 5.15. The molecule has 0 saturated carbocycles. The third-order valence-corrected chi connectivity index (χ3v) is 3.48. The van der Waals surface area contributed by atoms with Crippen LogP contribution in [0.15, 0.2) is 40.5 Å². The number of nitrogens with one attached hydrogen (secondary N) is 1. The van der Waals surface area contributed by atoms with E-state index in [2.05, 4.69) is 19.8 Å². The predicted molar refractivity (Wildman–Crippen MR) is 91.8 cm³/mol. The van der Waals surface area contributed by atoms with E-state index in [1.807, 2.05) is 19.9 Å². The molecule has 7 heteroatoms. The van der Waals surface area contributed by atoms with Crippen LogP contribution in [0.2, 0.25) is 0 Å². The van der Waals surface area contributed by atoms with Gasteiger partial charge in [-0.25, -0.2) is 14.6 Å². The van der Waals surface area contributed by atoms with E-state index in [9.17, 15) is 9.59 Å². The van der Waals surface area contributed by atoms with Crippen LogP contribution in [-0.4, -0.2) is 31.1 Å². The molecule has 0 aliphatic heterocycles. The number of esters is 2. The van der Waals surface area contributed by atoms with Crippen LogP contribution >= 0.6 is 0 Å². The molecular weight excluding hydrogens is 324 g/mol. The zero-order valence-electron chi connectivity index (χ0n) is 14.6. The first-order chi connectivity index (χ1) is 12.0. The Hall–Kier alpha value is -3.09. The molecule has 25 heavy (non-hydrogen) atoms. The van der Waals surface area contributed by atoms with E-state index in [4.69, 9.17) is 4.42 Å². The Kier molecular flexibility index (Phi) is 5.94. The Morgan fingerprint density at radius 1 is 1.28 bits per heavy atom. The zero-order chi connectivity index (χ0) is 18.4. The second kappa shape index (κ2) is 8.14. The van der Waals surface area contributed by atoms with E-state index >= 15 is 0 Å². The van der Waals surface area contributed by atoms with E-state index in [1.54, 1.807) is 18.2 Å². The smallest absolute Gasteiger partial charge is 0.354 e. The van der Waals surface area contributed by atoms with Gasteiger partial charge >= 0.3 is 11.9 Å². The highest BCUT2D eigenvalue weighted by atomic mass is 16.5. The molecular formula is C18H20N2O5. The van der Waals surface area contributed by atoms with Crippen molar-refractivity contribution in [2.45, 2.75) is 20.3 Å². The van der Waals surface area contributed by atoms with Crippen LogP contribution < -0.4 is 5.32 Å². The number of nitrogens with zero attached hydrogens (tertiary/aromatic N) is 1. The summed E-state index contributed by atoms with van der Waals surface area (Å²) in [4.78, 5) is 27.7. The molecule has 0 radical (unpaired) electrons. The van der Waals surface area contributed by atoms with Gasteiger partial charge in [0.1, 0.15) is 11.5 Å². The average Bonchev–Trinajstić information content (AvgIpc) is 3.01. The fourth-order valence-electron chi connectivity index (χ4n) is 2.20. The van der Waals surface area contributed by atoms with E-state index in [1.165, 1.54) is 14.2 Å². The Morgan fingerprint density at radius 3 is 2.64 bits per heavy atom. The number of aryl methyl sites for hydroxylation is 2. The van der Waals surface area contributed by atoms with Crippen LogP contribution in [0, 0.1) is 6.92 Å². The Balaban J connectivity index is 2.31. The SMILES string of the molecule is CCc1nc(-c2cccc(N/C(=C/C(=O)OC)C(=O)OC)c2)oc1C. The molecule has 2 rings (SSSR count). The maximum Gasteiger partial charge on any atom is 0.354 e. The summed E-state index contributed by atoms with van der Waals surface area (Å²) in [6.45, 7) is 3.87. The van der Waals surface area contributed by atoms with Crippen LogP contribution in [0.5, 0.6) is 0 Å². The zero-order valence-corrected chi connectivity index (χ0v) is 14.6. The van der Waals surface area contributed by atoms with Gasteiger partial charge in [0.2, 0.25) is 5.89 Å². The number of methoxy groups -OCH3 is 2. The van der Waals surface area contributed by atoms with E-state index in [0.717, 1.165) is 29.5 Å². The lowest BCUT2D eigenvalue weighted by Crippen LogP contribution is -2.15. The van der Waals surface area contributed by atoms with Gasteiger partial charge in [0.05, 0.1) is 26.0 Å². The first kappa shape index (κ1) is 18.3. The number of anilines is 1. The molecule has 2 aromatic rings. The highest BCUT2D eigenvalue weighted by Gasteiger charge is 2.14. The van der Waals surface area contributed by atoms with Crippen molar-refractivity contribution < 1.29 is 23.5 Å². The van der Waals surface area contributed by atoms with Crippen molar-refractivity contribution in [2.75, 3.05) is 19.5 Å². The molecule has 1 N–H and O–H groups in total. The van der Waals surface area contributed by atoms with Crippen LogP contribution in [-0.2, 0) is 25.5 Å². The quantitative estimate of drug-likeness (QED) is 0.636. The topological polar surface area (TPSA) is 90.7 Å². The van der Waals surface area contributed by atoms with Crippen molar-refractivity contribution in [3.8, 4) is 11.5 Å². The highest BCUT2D eigenvalue weighted by molar-refractivity contribution is 5.98. The molecule has 7 nitrogen and oxygen atoms in total. The van der Waals surface area contributed by atoms with Gasteiger partial charge in [-0.05, 0) is 31.5 Å². The van der Waals surface area contributed by atoms with Gasteiger partial charge in [0.25, 0.3) is 0 Å². The highest BCUT2D eigenvalue weighted by Crippen LogP contribution is 2.25. The van der Waals surface area contributed by atoms with Crippen LogP contribution in [0.25, 0.3) is 11.5 Å². The standard InChI is InChI=1S/C18H20N2O5/c1-5-14-11(2)25-17(20-14)12-7-6-8-13(9-12)19-15(18(22)24-4)10-16(21)23-3/h6-10,19H,5H2,1-4H3/b15-10+. The minimum absolute atomic E-state index is 0.0377. The monoisotopic (exact) mass is 344 g/mol. The molecule has 0 aliphatic carbocycles. The number of aromatic nitrogens is 1. The molecule has 0 unspecified atom stereocenters. The predicted octanol–water partition coefficient (Wildman–Crippen LogP) is 2.85. The van der Waals surface area contributed by atoms with Crippen molar-refractivity contribution in [1.29, 1.82) is 0 Å². The van der Waals surface area contributed by atoms with Crippen LogP contribution in [0.4, 0.5) is 5.69 Å². The summed E-state index contributed by atoms with van der Waals surface area (Å²) in [5, 5.41) is 2.86. The summed E-state index contributed by atoms with van der Waals surface area (Å²) in [7, 11) is 2.46. The summed E-state index contributed by atoms with van der Waals surface area (Å²) in [6, 6.07) is 7.14. The third-order valence-electron chi connectivity index (χ3n) is 3.48. The fraction of sp³-hybridized carbons (Fsp3) is 0.278. The van der Waals surface area contributed by atoms with Gasteiger partial charge in [0, 0.05) is 11.3 Å². The van der Waals surface area contributed by atoms with Crippen molar-refractivity contribution in [1.82, 2.24) is 4.98 Å². The van der Waals surface area contributed by atoms with Gasteiger partial charge in [-0.2, -0.15) is 0 Å². The molecule has 1 aromatic carbocycles.